The monoisotopic (exact) mass is 434 g/mol. The molecule has 0 heterocycles. The van der Waals surface area contributed by atoms with E-state index < -0.39 is 65.8 Å². The van der Waals surface area contributed by atoms with E-state index in [9.17, 15) is 38.3 Å². The summed E-state index contributed by atoms with van der Waals surface area (Å²) in [5, 5.41) is 13.1. The molecule has 0 aromatic heterocycles. The maximum absolute atomic E-state index is 12.0. The summed E-state index contributed by atoms with van der Waals surface area (Å²) in [4.78, 5) is 54.1. The van der Waals surface area contributed by atoms with Gasteiger partial charge in [0.1, 0.15) is 7.14 Å². The third-order valence-corrected chi connectivity index (χ3v) is 12.7. The standard InChI is InChI=1S/C8H22O12P4/c1-21(2,11)7(9,22(12,13)14)5-3-4-6-8(10,23(15,16)17)24(18,19)20/h9-10H,3-6H2,1-2H3,(H2,12,13,14)(H2,15,16,17)(H2,18,19,20). The average molecular weight is 434 g/mol. The van der Waals surface area contributed by atoms with Gasteiger partial charge < -0.3 is 44.1 Å². The van der Waals surface area contributed by atoms with E-state index in [0.29, 0.717) is 0 Å². The molecule has 1 unspecified atom stereocenters. The Morgan fingerprint density at radius 2 is 0.875 bits per heavy atom. The highest BCUT2D eigenvalue weighted by molar-refractivity contribution is 7.77. The molecule has 0 aliphatic rings. The Morgan fingerprint density at radius 3 is 1.08 bits per heavy atom. The Morgan fingerprint density at radius 1 is 0.625 bits per heavy atom. The van der Waals surface area contributed by atoms with Gasteiger partial charge in [0.2, 0.25) is 5.08 Å². The van der Waals surface area contributed by atoms with Crippen molar-refractivity contribution in [3.05, 3.63) is 0 Å². The SMILES string of the molecule is CP(C)(=O)C(O)(CCCCC(O)(P(=O)(O)O)P(=O)(O)O)P(=O)(O)O. The van der Waals surface area contributed by atoms with Crippen LogP contribution in [0.2, 0.25) is 0 Å². The van der Waals surface area contributed by atoms with Crippen molar-refractivity contribution < 1.29 is 57.8 Å². The van der Waals surface area contributed by atoms with Crippen molar-refractivity contribution in [2.24, 2.45) is 0 Å². The van der Waals surface area contributed by atoms with E-state index >= 15 is 0 Å². The summed E-state index contributed by atoms with van der Waals surface area (Å²) in [7, 11) is -20.2. The molecule has 0 aliphatic heterocycles. The zero-order valence-corrected chi connectivity index (χ0v) is 16.4. The maximum atomic E-state index is 12.0. The minimum Gasteiger partial charge on any atom is -0.371 e. The first kappa shape index (κ1) is 24.6. The van der Waals surface area contributed by atoms with Crippen molar-refractivity contribution >= 4 is 29.9 Å². The number of rotatable bonds is 9. The van der Waals surface area contributed by atoms with Crippen molar-refractivity contribution in [1.82, 2.24) is 0 Å². The van der Waals surface area contributed by atoms with Gasteiger partial charge in [0, 0.05) is 0 Å². The van der Waals surface area contributed by atoms with Crippen molar-refractivity contribution in [3.8, 4) is 0 Å². The van der Waals surface area contributed by atoms with Gasteiger partial charge in [0.05, 0.1) is 0 Å². The van der Waals surface area contributed by atoms with Gasteiger partial charge in [0.15, 0.2) is 0 Å². The molecule has 0 aromatic carbocycles. The van der Waals surface area contributed by atoms with Crippen molar-refractivity contribution in [1.29, 1.82) is 0 Å². The van der Waals surface area contributed by atoms with Gasteiger partial charge in [-0.2, -0.15) is 0 Å². The van der Waals surface area contributed by atoms with Crippen LogP contribution in [0.15, 0.2) is 0 Å². The van der Waals surface area contributed by atoms with E-state index in [1.54, 1.807) is 0 Å². The quantitative estimate of drug-likeness (QED) is 0.177. The highest BCUT2D eigenvalue weighted by Gasteiger charge is 2.59. The van der Waals surface area contributed by atoms with E-state index in [4.69, 9.17) is 19.6 Å². The molecule has 0 bridgehead atoms. The summed E-state index contributed by atoms with van der Waals surface area (Å²) in [5.41, 5.74) is 0. The Labute approximate surface area is 137 Å². The van der Waals surface area contributed by atoms with Gasteiger partial charge in [-0.25, -0.2) is 0 Å². The number of unbranched alkanes of at least 4 members (excludes halogenated alkanes) is 1. The number of hydrogen-bond acceptors (Lipinski definition) is 6. The Hall–Kier alpha value is 0.600. The van der Waals surface area contributed by atoms with Crippen LogP contribution in [0.3, 0.4) is 0 Å². The molecule has 24 heavy (non-hydrogen) atoms. The van der Waals surface area contributed by atoms with Crippen LogP contribution in [-0.2, 0) is 18.3 Å². The van der Waals surface area contributed by atoms with Crippen LogP contribution < -0.4 is 0 Å². The maximum Gasteiger partial charge on any atom is 0.369 e. The molecule has 0 rings (SSSR count). The smallest absolute Gasteiger partial charge is 0.369 e. The lowest BCUT2D eigenvalue weighted by Crippen LogP contribution is -2.30. The van der Waals surface area contributed by atoms with E-state index in [1.807, 2.05) is 0 Å². The molecule has 0 saturated heterocycles. The van der Waals surface area contributed by atoms with Gasteiger partial charge in [-0.15, -0.1) is 0 Å². The van der Waals surface area contributed by atoms with Crippen LogP contribution in [0.25, 0.3) is 0 Å². The van der Waals surface area contributed by atoms with Gasteiger partial charge in [-0.3, -0.25) is 13.7 Å². The molecule has 0 aromatic rings. The molecule has 0 saturated carbocycles. The molecule has 8 N–H and O–H groups in total. The van der Waals surface area contributed by atoms with Crippen LogP contribution in [0.5, 0.6) is 0 Å². The van der Waals surface area contributed by atoms with Crippen molar-refractivity contribution in [2.45, 2.75) is 35.8 Å². The van der Waals surface area contributed by atoms with E-state index in [2.05, 4.69) is 0 Å². The van der Waals surface area contributed by atoms with Gasteiger partial charge in [-0.1, -0.05) is 0 Å². The molecular formula is C8H22O12P4. The molecule has 1 atom stereocenters. The summed E-state index contributed by atoms with van der Waals surface area (Å²) >= 11 is 0. The lowest BCUT2D eigenvalue weighted by molar-refractivity contribution is 0.115. The molecule has 0 fully saturated rings. The second kappa shape index (κ2) is 7.31. The van der Waals surface area contributed by atoms with Gasteiger partial charge in [0.25, 0.3) is 5.08 Å². The first-order valence-corrected chi connectivity index (χ1v) is 13.8. The minimum atomic E-state index is -5.63. The van der Waals surface area contributed by atoms with Crippen LogP contribution in [-0.4, -0.2) is 63.1 Å². The van der Waals surface area contributed by atoms with Gasteiger partial charge >= 0.3 is 22.8 Å². The predicted octanol–water partition coefficient (Wildman–Crippen LogP) is -0.00520. The van der Waals surface area contributed by atoms with Crippen LogP contribution in [0.1, 0.15) is 25.7 Å². The molecule has 0 aliphatic carbocycles. The molecule has 0 radical (unpaired) electrons. The summed E-state index contributed by atoms with van der Waals surface area (Å²) < 4.78 is 45.6. The third-order valence-electron chi connectivity index (χ3n) is 3.54. The topological polar surface area (TPSA) is 230 Å². The second-order valence-electron chi connectivity index (χ2n) is 5.74. The Balaban J connectivity index is 5.25. The number of hydrogen-bond donors (Lipinski definition) is 8. The normalized spacial score (nSPS) is 17.6. The van der Waals surface area contributed by atoms with Crippen LogP contribution in [0.4, 0.5) is 0 Å². The molecular weight excluding hydrogens is 412 g/mol. The van der Waals surface area contributed by atoms with E-state index in [1.165, 1.54) is 0 Å². The first-order valence-electron chi connectivity index (χ1n) is 6.37. The highest BCUT2D eigenvalue weighted by Crippen LogP contribution is 2.71. The fraction of sp³-hybridized carbons (Fsp3) is 1.00. The average Bonchev–Trinajstić information content (AvgIpc) is 2.28. The van der Waals surface area contributed by atoms with Crippen molar-refractivity contribution in [2.75, 3.05) is 13.3 Å². The summed E-state index contributed by atoms with van der Waals surface area (Å²) in [6.07, 6.45) is -2.80. The summed E-state index contributed by atoms with van der Waals surface area (Å²) in [6.45, 7) is 1.88. The number of aliphatic hydroxyl groups is 2. The lowest BCUT2D eigenvalue weighted by atomic mass is 10.2. The van der Waals surface area contributed by atoms with Crippen LogP contribution in [0, 0.1) is 0 Å². The Kier molecular flexibility index (Phi) is 7.50. The zero-order chi connectivity index (χ0) is 19.8. The molecule has 16 heteroatoms. The third kappa shape index (κ3) is 5.07. The first-order chi connectivity index (χ1) is 10.2. The molecule has 146 valence electrons. The largest absolute Gasteiger partial charge is 0.371 e. The predicted molar refractivity (Wildman–Crippen MR) is 84.0 cm³/mol. The van der Waals surface area contributed by atoms with Crippen molar-refractivity contribution in [3.63, 3.8) is 0 Å². The fourth-order valence-electron chi connectivity index (χ4n) is 1.91. The summed E-state index contributed by atoms with van der Waals surface area (Å²) in [6, 6.07) is 0. The minimum absolute atomic E-state index is 0.421. The molecule has 12 nitrogen and oxygen atoms in total. The summed E-state index contributed by atoms with van der Waals surface area (Å²) in [5.74, 6) is 0. The van der Waals surface area contributed by atoms with E-state index in [-0.39, 0.29) is 0 Å². The van der Waals surface area contributed by atoms with E-state index in [0.717, 1.165) is 13.3 Å². The second-order valence-corrected chi connectivity index (χ2v) is 15.4. The lowest BCUT2D eigenvalue weighted by Gasteiger charge is -2.33. The highest BCUT2D eigenvalue weighted by atomic mass is 31.2. The Bertz CT molecular complexity index is 533. The zero-order valence-electron chi connectivity index (χ0n) is 12.8. The fourth-order valence-corrected chi connectivity index (χ4v) is 7.83. The molecule has 0 spiro atoms. The van der Waals surface area contributed by atoms with Gasteiger partial charge in [-0.05, 0) is 39.0 Å². The van der Waals surface area contributed by atoms with Crippen LogP contribution >= 0.6 is 29.9 Å². The molecule has 0 amide bonds.